The van der Waals surface area contributed by atoms with Gasteiger partial charge in [0.2, 0.25) is 5.91 Å². The van der Waals surface area contributed by atoms with Crippen LogP contribution in [0.4, 0.5) is 0 Å². The third-order valence-corrected chi connectivity index (χ3v) is 3.99. The average molecular weight is 279 g/mol. The highest BCUT2D eigenvalue weighted by Crippen LogP contribution is 2.24. The van der Waals surface area contributed by atoms with Crippen molar-refractivity contribution in [2.75, 3.05) is 13.7 Å². The van der Waals surface area contributed by atoms with E-state index in [1.165, 1.54) is 12.8 Å². The molecule has 20 heavy (non-hydrogen) atoms. The fraction of sp³-hybridized carbons (Fsp3) is 0.688. The zero-order valence-corrected chi connectivity index (χ0v) is 12.4. The molecule has 1 heterocycles. The van der Waals surface area contributed by atoms with E-state index in [0.717, 1.165) is 25.1 Å². The molecule has 4 heteroatoms. The van der Waals surface area contributed by atoms with Gasteiger partial charge in [-0.3, -0.25) is 4.79 Å². The Morgan fingerprint density at radius 3 is 2.75 bits per heavy atom. The highest BCUT2D eigenvalue weighted by atomic mass is 16.5. The normalized spacial score (nSPS) is 26.2. The molecule has 1 aliphatic carbocycles. The number of nitrogens with one attached hydrogen (secondary N) is 1. The van der Waals surface area contributed by atoms with Crippen LogP contribution < -0.4 is 5.32 Å². The Kier molecular flexibility index (Phi) is 5.65. The van der Waals surface area contributed by atoms with Gasteiger partial charge in [-0.05, 0) is 25.8 Å². The van der Waals surface area contributed by atoms with E-state index in [-0.39, 0.29) is 12.0 Å². The average Bonchev–Trinajstić information content (AvgIpc) is 3.06. The number of ether oxygens (including phenoxy) is 2. The first-order valence-corrected chi connectivity index (χ1v) is 7.53. The molecule has 112 valence electrons. The minimum Gasteiger partial charge on any atom is -0.498 e. The molecule has 1 saturated heterocycles. The third-order valence-electron chi connectivity index (χ3n) is 3.99. The molecule has 0 radical (unpaired) electrons. The van der Waals surface area contributed by atoms with Gasteiger partial charge in [0.15, 0.2) is 0 Å². The molecular weight excluding hydrogens is 254 g/mol. The summed E-state index contributed by atoms with van der Waals surface area (Å²) in [4.78, 5) is 11.1. The van der Waals surface area contributed by atoms with Gasteiger partial charge in [-0.1, -0.05) is 25.0 Å². The number of amides is 1. The van der Waals surface area contributed by atoms with E-state index in [0.29, 0.717) is 18.4 Å². The van der Waals surface area contributed by atoms with Gasteiger partial charge >= 0.3 is 0 Å². The van der Waals surface area contributed by atoms with Gasteiger partial charge in [-0.25, -0.2) is 0 Å². The van der Waals surface area contributed by atoms with Crippen LogP contribution in [0.3, 0.4) is 0 Å². The molecule has 1 saturated carbocycles. The summed E-state index contributed by atoms with van der Waals surface area (Å²) in [5, 5.41) is 2.83. The number of rotatable bonds is 6. The van der Waals surface area contributed by atoms with Crippen molar-refractivity contribution in [1.82, 2.24) is 5.32 Å². The van der Waals surface area contributed by atoms with E-state index in [4.69, 9.17) is 9.47 Å². The number of hydrogen-bond donors (Lipinski definition) is 1. The van der Waals surface area contributed by atoms with E-state index in [2.05, 4.69) is 11.4 Å². The topological polar surface area (TPSA) is 47.6 Å². The predicted octanol–water partition coefficient (Wildman–Crippen LogP) is 2.56. The van der Waals surface area contributed by atoms with Crippen LogP contribution in [-0.4, -0.2) is 31.8 Å². The maximum atomic E-state index is 11.1. The fourth-order valence-corrected chi connectivity index (χ4v) is 2.82. The Bertz CT molecular complexity index is 383. The Balaban J connectivity index is 1.84. The van der Waals surface area contributed by atoms with Crippen molar-refractivity contribution in [3.63, 3.8) is 0 Å². The highest BCUT2D eigenvalue weighted by molar-refractivity contribution is 5.78. The maximum absolute atomic E-state index is 11.1. The van der Waals surface area contributed by atoms with Crippen molar-refractivity contribution in [2.45, 2.75) is 51.2 Å². The molecule has 1 N–H and O–H groups in total. The van der Waals surface area contributed by atoms with Crippen LogP contribution >= 0.6 is 0 Å². The number of methoxy groups -OCH3 is 1. The zero-order chi connectivity index (χ0) is 14.4. The number of carbonyl (C=O) groups is 1. The molecule has 2 aliphatic rings. The summed E-state index contributed by atoms with van der Waals surface area (Å²) in [7, 11) is 1.68. The molecule has 2 rings (SSSR count). The molecule has 2 fully saturated rings. The molecule has 0 aromatic rings. The van der Waals surface area contributed by atoms with Crippen molar-refractivity contribution in [3.8, 4) is 0 Å². The monoisotopic (exact) mass is 279 g/mol. The summed E-state index contributed by atoms with van der Waals surface area (Å²) >= 11 is 0. The molecule has 1 amide bonds. The Hall–Kier alpha value is -1.29. The minimum atomic E-state index is -0.0175. The van der Waals surface area contributed by atoms with Gasteiger partial charge in [0, 0.05) is 18.9 Å². The van der Waals surface area contributed by atoms with Crippen LogP contribution in [0.2, 0.25) is 0 Å². The second-order valence-corrected chi connectivity index (χ2v) is 5.61. The standard InChI is InChI=1S/C16H25NO3/c1-12(20-14-7-3-4-8-14)15(19-2)9-5-6-13-10-16(18)17-11-13/h5-6,9,12-14H,3-4,7-8,10-11H2,1-2H3,(H,17,18). The van der Waals surface area contributed by atoms with E-state index in [9.17, 15) is 4.79 Å². The first-order chi connectivity index (χ1) is 9.69. The first kappa shape index (κ1) is 15.1. The Morgan fingerprint density at radius 1 is 1.40 bits per heavy atom. The summed E-state index contributed by atoms with van der Waals surface area (Å²) in [6, 6.07) is 0. The van der Waals surface area contributed by atoms with Crippen molar-refractivity contribution in [3.05, 3.63) is 24.0 Å². The zero-order valence-electron chi connectivity index (χ0n) is 12.4. The van der Waals surface area contributed by atoms with E-state index in [1.54, 1.807) is 7.11 Å². The van der Waals surface area contributed by atoms with Crippen LogP contribution in [0, 0.1) is 5.92 Å². The van der Waals surface area contributed by atoms with Gasteiger partial charge in [0.1, 0.15) is 11.9 Å². The summed E-state index contributed by atoms with van der Waals surface area (Å²) in [6.45, 7) is 2.77. The largest absolute Gasteiger partial charge is 0.498 e. The van der Waals surface area contributed by atoms with Gasteiger partial charge < -0.3 is 14.8 Å². The van der Waals surface area contributed by atoms with Crippen LogP contribution in [0.15, 0.2) is 24.0 Å². The fourth-order valence-electron chi connectivity index (χ4n) is 2.82. The molecule has 4 nitrogen and oxygen atoms in total. The molecular formula is C16H25NO3. The van der Waals surface area contributed by atoms with Crippen LogP contribution in [0.25, 0.3) is 0 Å². The molecule has 2 atom stereocenters. The van der Waals surface area contributed by atoms with Crippen molar-refractivity contribution >= 4 is 5.91 Å². The smallest absolute Gasteiger partial charge is 0.220 e. The minimum absolute atomic E-state index is 0.0175. The van der Waals surface area contributed by atoms with Gasteiger partial charge in [0.25, 0.3) is 0 Å². The number of carbonyl (C=O) groups excluding carboxylic acids is 1. The summed E-state index contributed by atoms with van der Waals surface area (Å²) < 4.78 is 11.4. The van der Waals surface area contributed by atoms with Crippen LogP contribution in [0.5, 0.6) is 0 Å². The molecule has 0 spiro atoms. The molecule has 0 aromatic carbocycles. The van der Waals surface area contributed by atoms with Crippen LogP contribution in [-0.2, 0) is 14.3 Å². The second-order valence-electron chi connectivity index (χ2n) is 5.61. The highest BCUT2D eigenvalue weighted by Gasteiger charge is 2.21. The van der Waals surface area contributed by atoms with E-state index < -0.39 is 0 Å². The molecule has 0 aromatic heterocycles. The van der Waals surface area contributed by atoms with Crippen molar-refractivity contribution in [1.29, 1.82) is 0 Å². The summed E-state index contributed by atoms with van der Waals surface area (Å²) in [6.07, 6.45) is 11.8. The SMILES string of the molecule is COC(=CC=CC1CNC(=O)C1)C(C)OC1CCCC1. The quantitative estimate of drug-likeness (QED) is 0.600. The van der Waals surface area contributed by atoms with Crippen LogP contribution in [0.1, 0.15) is 39.0 Å². The van der Waals surface area contributed by atoms with E-state index >= 15 is 0 Å². The predicted molar refractivity (Wildman–Crippen MR) is 78.2 cm³/mol. The number of hydrogen-bond acceptors (Lipinski definition) is 3. The lowest BCUT2D eigenvalue weighted by Gasteiger charge is -2.20. The lowest BCUT2D eigenvalue weighted by molar-refractivity contribution is -0.119. The Morgan fingerprint density at radius 2 is 2.15 bits per heavy atom. The second kappa shape index (κ2) is 7.48. The third kappa shape index (κ3) is 4.37. The van der Waals surface area contributed by atoms with Crippen molar-refractivity contribution in [2.24, 2.45) is 5.92 Å². The number of allylic oxidation sites excluding steroid dienone is 2. The molecule has 2 unspecified atom stereocenters. The van der Waals surface area contributed by atoms with Gasteiger partial charge in [-0.15, -0.1) is 0 Å². The molecule has 1 aliphatic heterocycles. The van der Waals surface area contributed by atoms with Gasteiger partial charge in [0.05, 0.1) is 13.2 Å². The summed E-state index contributed by atoms with van der Waals surface area (Å²) in [5.41, 5.74) is 0. The lowest BCUT2D eigenvalue weighted by Crippen LogP contribution is -2.19. The first-order valence-electron chi connectivity index (χ1n) is 7.53. The Labute approximate surface area is 121 Å². The summed E-state index contributed by atoms with van der Waals surface area (Å²) in [5.74, 6) is 1.27. The van der Waals surface area contributed by atoms with Gasteiger partial charge in [-0.2, -0.15) is 0 Å². The lowest BCUT2D eigenvalue weighted by atomic mass is 10.1. The van der Waals surface area contributed by atoms with Crippen molar-refractivity contribution < 1.29 is 14.3 Å². The van der Waals surface area contributed by atoms with E-state index in [1.807, 2.05) is 19.1 Å². The molecule has 0 bridgehead atoms. The maximum Gasteiger partial charge on any atom is 0.220 e.